The van der Waals surface area contributed by atoms with Gasteiger partial charge in [-0.1, -0.05) is 6.42 Å². The van der Waals surface area contributed by atoms with E-state index in [1.54, 1.807) is 12.1 Å². The standard InChI is InChI=1S/C20H24FN5O3/c21-15-6-8-16(9-7-15)24-10-12-25(13-11-24)19-18(26(27)28)20(23-14-22-19)29-17-4-2-1-3-5-17/h6-9,14,17H,1-5,10-13H2. The van der Waals surface area contributed by atoms with Gasteiger partial charge in [0.05, 0.1) is 4.92 Å². The van der Waals surface area contributed by atoms with Gasteiger partial charge in [-0.15, -0.1) is 0 Å². The first-order valence-electron chi connectivity index (χ1n) is 10.0. The molecule has 2 aromatic rings. The summed E-state index contributed by atoms with van der Waals surface area (Å²) in [5.74, 6) is 0.0944. The molecule has 2 fully saturated rings. The minimum Gasteiger partial charge on any atom is -0.469 e. The van der Waals surface area contributed by atoms with Crippen LogP contribution in [-0.4, -0.2) is 47.2 Å². The van der Waals surface area contributed by atoms with Gasteiger partial charge in [-0.2, -0.15) is 4.98 Å². The third kappa shape index (κ3) is 4.38. The summed E-state index contributed by atoms with van der Waals surface area (Å²) in [6, 6.07) is 6.36. The van der Waals surface area contributed by atoms with Crippen molar-refractivity contribution >= 4 is 17.2 Å². The number of benzene rings is 1. The number of anilines is 2. The lowest BCUT2D eigenvalue weighted by molar-refractivity contribution is -0.385. The Kier molecular flexibility index (Phi) is 5.73. The molecule has 1 saturated heterocycles. The summed E-state index contributed by atoms with van der Waals surface area (Å²) >= 11 is 0. The number of hydrogen-bond donors (Lipinski definition) is 0. The van der Waals surface area contributed by atoms with Crippen LogP contribution in [0.5, 0.6) is 5.88 Å². The van der Waals surface area contributed by atoms with Gasteiger partial charge in [0.15, 0.2) is 0 Å². The minimum atomic E-state index is -0.445. The number of nitro groups is 1. The van der Waals surface area contributed by atoms with E-state index in [-0.39, 0.29) is 23.5 Å². The Morgan fingerprint density at radius 1 is 1.00 bits per heavy atom. The van der Waals surface area contributed by atoms with Gasteiger partial charge in [0.25, 0.3) is 5.88 Å². The largest absolute Gasteiger partial charge is 0.469 e. The third-order valence-electron chi connectivity index (χ3n) is 5.55. The molecule has 9 heteroatoms. The molecule has 2 aliphatic rings. The van der Waals surface area contributed by atoms with Crippen molar-refractivity contribution in [3.63, 3.8) is 0 Å². The molecule has 0 radical (unpaired) electrons. The van der Waals surface area contributed by atoms with Crippen molar-refractivity contribution < 1.29 is 14.1 Å². The molecule has 29 heavy (non-hydrogen) atoms. The Bertz CT molecular complexity index is 850. The molecule has 8 nitrogen and oxygen atoms in total. The Morgan fingerprint density at radius 3 is 2.31 bits per heavy atom. The zero-order valence-electron chi connectivity index (χ0n) is 16.2. The van der Waals surface area contributed by atoms with Crippen molar-refractivity contribution in [1.29, 1.82) is 0 Å². The van der Waals surface area contributed by atoms with Crippen molar-refractivity contribution in [3.05, 3.63) is 46.5 Å². The minimum absolute atomic E-state index is 0.0273. The van der Waals surface area contributed by atoms with Crippen molar-refractivity contribution in [2.45, 2.75) is 38.2 Å². The van der Waals surface area contributed by atoms with Gasteiger partial charge >= 0.3 is 5.69 Å². The molecular formula is C20H24FN5O3. The molecule has 0 amide bonds. The topological polar surface area (TPSA) is 84.6 Å². The van der Waals surface area contributed by atoms with Crippen LogP contribution < -0.4 is 14.5 Å². The molecule has 1 aromatic carbocycles. The Hall–Kier alpha value is -2.97. The number of nitrogens with zero attached hydrogens (tertiary/aromatic N) is 5. The highest BCUT2D eigenvalue weighted by Gasteiger charge is 2.31. The van der Waals surface area contributed by atoms with Crippen LogP contribution in [0.25, 0.3) is 0 Å². The van der Waals surface area contributed by atoms with Crippen molar-refractivity contribution in [2.24, 2.45) is 0 Å². The van der Waals surface area contributed by atoms with Crippen molar-refractivity contribution in [1.82, 2.24) is 9.97 Å². The highest BCUT2D eigenvalue weighted by molar-refractivity contribution is 5.63. The van der Waals surface area contributed by atoms with Gasteiger partial charge in [-0.3, -0.25) is 10.1 Å². The second-order valence-electron chi connectivity index (χ2n) is 7.44. The fourth-order valence-electron chi connectivity index (χ4n) is 4.00. The second kappa shape index (κ2) is 8.59. The molecule has 1 aliphatic carbocycles. The lowest BCUT2D eigenvalue weighted by atomic mass is 9.98. The zero-order valence-corrected chi connectivity index (χ0v) is 16.2. The van der Waals surface area contributed by atoms with E-state index in [1.165, 1.54) is 24.9 Å². The van der Waals surface area contributed by atoms with Gasteiger partial charge < -0.3 is 14.5 Å². The summed E-state index contributed by atoms with van der Waals surface area (Å²) in [7, 11) is 0. The Morgan fingerprint density at radius 2 is 1.66 bits per heavy atom. The van der Waals surface area contributed by atoms with E-state index in [2.05, 4.69) is 14.9 Å². The van der Waals surface area contributed by atoms with Crippen LogP contribution >= 0.6 is 0 Å². The Labute approximate surface area is 168 Å². The molecule has 4 rings (SSSR count). The molecule has 1 aliphatic heterocycles. The summed E-state index contributed by atoms with van der Waals surface area (Å²) < 4.78 is 19.1. The summed E-state index contributed by atoms with van der Waals surface area (Å²) in [6.07, 6.45) is 6.42. The fraction of sp³-hybridized carbons (Fsp3) is 0.500. The van der Waals surface area contributed by atoms with Crippen LogP contribution in [-0.2, 0) is 0 Å². The molecule has 0 atom stereocenters. The summed E-state index contributed by atoms with van der Waals surface area (Å²) in [4.78, 5) is 23.7. The van der Waals surface area contributed by atoms with Crippen LogP contribution in [0.3, 0.4) is 0 Å². The average molecular weight is 401 g/mol. The van der Waals surface area contributed by atoms with Crippen LogP contribution in [0.4, 0.5) is 21.6 Å². The number of halogens is 1. The lowest BCUT2D eigenvalue weighted by Crippen LogP contribution is -2.47. The molecule has 1 aromatic heterocycles. The molecule has 154 valence electrons. The molecular weight excluding hydrogens is 377 g/mol. The maximum atomic E-state index is 13.1. The van der Waals surface area contributed by atoms with Crippen LogP contribution in [0, 0.1) is 15.9 Å². The first-order chi connectivity index (χ1) is 14.1. The monoisotopic (exact) mass is 401 g/mol. The zero-order chi connectivity index (χ0) is 20.2. The quantitative estimate of drug-likeness (QED) is 0.559. The molecule has 0 unspecified atom stereocenters. The summed E-state index contributed by atoms with van der Waals surface area (Å²) in [5.41, 5.74) is 0.776. The number of hydrogen-bond acceptors (Lipinski definition) is 7. The predicted molar refractivity (Wildman–Crippen MR) is 107 cm³/mol. The molecule has 0 bridgehead atoms. The van der Waals surface area contributed by atoms with Crippen LogP contribution in [0.2, 0.25) is 0 Å². The fourth-order valence-corrected chi connectivity index (χ4v) is 4.00. The smallest absolute Gasteiger partial charge is 0.372 e. The van der Waals surface area contributed by atoms with E-state index in [4.69, 9.17) is 4.74 Å². The van der Waals surface area contributed by atoms with E-state index < -0.39 is 4.92 Å². The number of rotatable bonds is 5. The lowest BCUT2D eigenvalue weighted by Gasteiger charge is -2.36. The second-order valence-corrected chi connectivity index (χ2v) is 7.44. The molecule has 0 spiro atoms. The first-order valence-corrected chi connectivity index (χ1v) is 10.0. The van der Waals surface area contributed by atoms with Gasteiger partial charge in [0, 0.05) is 31.9 Å². The van der Waals surface area contributed by atoms with Gasteiger partial charge in [0.2, 0.25) is 5.82 Å². The maximum absolute atomic E-state index is 13.1. The number of piperazine rings is 1. The first kappa shape index (κ1) is 19.4. The van der Waals surface area contributed by atoms with Gasteiger partial charge in [0.1, 0.15) is 18.2 Å². The number of ether oxygens (including phenoxy) is 1. The molecule has 1 saturated carbocycles. The number of aromatic nitrogens is 2. The van der Waals surface area contributed by atoms with E-state index >= 15 is 0 Å². The third-order valence-corrected chi connectivity index (χ3v) is 5.55. The van der Waals surface area contributed by atoms with E-state index in [0.29, 0.717) is 32.0 Å². The SMILES string of the molecule is O=[N+]([O-])c1c(OC2CCCCC2)ncnc1N1CCN(c2ccc(F)cc2)CC1. The van der Waals surface area contributed by atoms with E-state index in [9.17, 15) is 14.5 Å². The normalized spacial score (nSPS) is 18.0. The summed E-state index contributed by atoms with van der Waals surface area (Å²) in [5, 5.41) is 11.8. The maximum Gasteiger partial charge on any atom is 0.372 e. The predicted octanol–water partition coefficient (Wildman–Crippen LogP) is 3.56. The van der Waals surface area contributed by atoms with Gasteiger partial charge in [-0.05, 0) is 49.9 Å². The Balaban J connectivity index is 1.50. The average Bonchev–Trinajstić information content (AvgIpc) is 2.75. The van der Waals surface area contributed by atoms with E-state index in [1.807, 2.05) is 4.90 Å². The molecule has 0 N–H and O–H groups in total. The van der Waals surface area contributed by atoms with Crippen molar-refractivity contribution in [3.8, 4) is 5.88 Å². The highest BCUT2D eigenvalue weighted by atomic mass is 19.1. The van der Waals surface area contributed by atoms with Crippen LogP contribution in [0.1, 0.15) is 32.1 Å². The summed E-state index contributed by atoms with van der Waals surface area (Å²) in [6.45, 7) is 2.45. The van der Waals surface area contributed by atoms with Gasteiger partial charge in [-0.25, -0.2) is 9.37 Å². The highest BCUT2D eigenvalue weighted by Crippen LogP contribution is 2.36. The van der Waals surface area contributed by atoms with Crippen LogP contribution in [0.15, 0.2) is 30.6 Å². The van der Waals surface area contributed by atoms with E-state index in [0.717, 1.165) is 31.4 Å². The molecule has 2 heterocycles. The van der Waals surface area contributed by atoms with Crippen molar-refractivity contribution in [2.75, 3.05) is 36.0 Å².